The van der Waals surface area contributed by atoms with Crippen molar-refractivity contribution in [3.63, 3.8) is 0 Å². The van der Waals surface area contributed by atoms with Crippen molar-refractivity contribution in [2.24, 2.45) is 5.14 Å². The zero-order valence-corrected chi connectivity index (χ0v) is 18.2. The Morgan fingerprint density at radius 2 is 1.68 bits per heavy atom. The summed E-state index contributed by atoms with van der Waals surface area (Å²) in [6, 6.07) is 26.0. The maximum absolute atomic E-state index is 11.5. The van der Waals surface area contributed by atoms with Crippen LogP contribution in [0.4, 0.5) is 5.69 Å². The molecule has 0 saturated carbocycles. The van der Waals surface area contributed by atoms with E-state index in [4.69, 9.17) is 21.5 Å². The molecule has 4 aromatic carbocycles. The predicted octanol–water partition coefficient (Wildman–Crippen LogP) is 5.33. The third kappa shape index (κ3) is 5.17. The fourth-order valence-corrected chi connectivity index (χ4v) is 4.10. The normalized spacial score (nSPS) is 11.4. The SMILES string of the molecule is NS(=O)(=O)c1ccc(NCc2c(OCc3cccc(Cl)c3)ccc3ccccc23)cc1. The molecule has 3 N–H and O–H groups in total. The van der Waals surface area contributed by atoms with Crippen molar-refractivity contribution in [2.45, 2.75) is 18.0 Å². The largest absolute Gasteiger partial charge is 0.489 e. The van der Waals surface area contributed by atoms with Gasteiger partial charge >= 0.3 is 0 Å². The van der Waals surface area contributed by atoms with E-state index >= 15 is 0 Å². The van der Waals surface area contributed by atoms with Crippen LogP contribution in [0.5, 0.6) is 5.75 Å². The zero-order chi connectivity index (χ0) is 21.8. The number of nitrogens with two attached hydrogens (primary N) is 1. The summed E-state index contributed by atoms with van der Waals surface area (Å²) in [5.74, 6) is 0.771. The van der Waals surface area contributed by atoms with Crippen LogP contribution in [0.15, 0.2) is 89.8 Å². The molecule has 4 rings (SSSR count). The first-order valence-electron chi connectivity index (χ1n) is 9.65. The Morgan fingerprint density at radius 3 is 2.42 bits per heavy atom. The van der Waals surface area contributed by atoms with Crippen molar-refractivity contribution in [3.8, 4) is 5.75 Å². The summed E-state index contributed by atoms with van der Waals surface area (Å²) in [5, 5.41) is 11.4. The van der Waals surface area contributed by atoms with Crippen molar-refractivity contribution in [3.05, 3.63) is 101 Å². The van der Waals surface area contributed by atoms with Gasteiger partial charge in [0.2, 0.25) is 10.0 Å². The van der Waals surface area contributed by atoms with Crippen LogP contribution in [0.1, 0.15) is 11.1 Å². The molecule has 0 heterocycles. The van der Waals surface area contributed by atoms with E-state index in [1.54, 1.807) is 12.1 Å². The van der Waals surface area contributed by atoms with E-state index in [1.807, 2.05) is 48.5 Å². The second-order valence-corrected chi connectivity index (χ2v) is 9.10. The average Bonchev–Trinajstić information content (AvgIpc) is 2.76. The first-order chi connectivity index (χ1) is 14.9. The Balaban J connectivity index is 1.59. The molecule has 0 aromatic heterocycles. The lowest BCUT2D eigenvalue weighted by atomic mass is 10.0. The van der Waals surface area contributed by atoms with Crippen molar-refractivity contribution >= 4 is 38.1 Å². The van der Waals surface area contributed by atoms with Gasteiger partial charge in [0.1, 0.15) is 12.4 Å². The van der Waals surface area contributed by atoms with E-state index < -0.39 is 10.0 Å². The molecule has 0 aliphatic heterocycles. The summed E-state index contributed by atoms with van der Waals surface area (Å²) in [7, 11) is -3.72. The highest BCUT2D eigenvalue weighted by molar-refractivity contribution is 7.89. The molecule has 0 saturated heterocycles. The molecule has 0 aliphatic carbocycles. The van der Waals surface area contributed by atoms with E-state index in [1.165, 1.54) is 12.1 Å². The minimum Gasteiger partial charge on any atom is -0.489 e. The highest BCUT2D eigenvalue weighted by Crippen LogP contribution is 2.30. The van der Waals surface area contributed by atoms with E-state index in [9.17, 15) is 8.42 Å². The van der Waals surface area contributed by atoms with Gasteiger partial charge in [-0.25, -0.2) is 13.6 Å². The Hall–Kier alpha value is -3.06. The summed E-state index contributed by atoms with van der Waals surface area (Å²) in [4.78, 5) is 0.0776. The molecule has 0 fully saturated rings. The third-order valence-electron chi connectivity index (χ3n) is 4.93. The average molecular weight is 453 g/mol. The van der Waals surface area contributed by atoms with Crippen LogP contribution in [0, 0.1) is 0 Å². The monoisotopic (exact) mass is 452 g/mol. The van der Waals surface area contributed by atoms with Crippen molar-refractivity contribution in [1.82, 2.24) is 0 Å². The van der Waals surface area contributed by atoms with Crippen LogP contribution < -0.4 is 15.2 Å². The van der Waals surface area contributed by atoms with Gasteiger partial charge in [0.15, 0.2) is 0 Å². The lowest BCUT2D eigenvalue weighted by Crippen LogP contribution is -2.12. The number of halogens is 1. The summed E-state index contributed by atoms with van der Waals surface area (Å²) in [6.45, 7) is 0.899. The summed E-state index contributed by atoms with van der Waals surface area (Å²) in [6.07, 6.45) is 0. The topological polar surface area (TPSA) is 81.4 Å². The van der Waals surface area contributed by atoms with Crippen LogP contribution in [0.25, 0.3) is 10.8 Å². The van der Waals surface area contributed by atoms with Crippen LogP contribution in [-0.2, 0) is 23.2 Å². The number of hydrogen-bond donors (Lipinski definition) is 2. The number of sulfonamides is 1. The fraction of sp³-hybridized carbons (Fsp3) is 0.0833. The molecular formula is C24H21ClN2O3S. The second-order valence-electron chi connectivity index (χ2n) is 7.10. The van der Waals surface area contributed by atoms with E-state index in [2.05, 4.69) is 17.4 Å². The molecule has 0 aliphatic rings. The minimum absolute atomic E-state index is 0.0776. The van der Waals surface area contributed by atoms with Crippen molar-refractivity contribution in [2.75, 3.05) is 5.32 Å². The van der Waals surface area contributed by atoms with Gasteiger partial charge in [-0.2, -0.15) is 0 Å². The van der Waals surface area contributed by atoms with Gasteiger partial charge in [0.25, 0.3) is 0 Å². The smallest absolute Gasteiger partial charge is 0.238 e. The molecule has 0 radical (unpaired) electrons. The Morgan fingerprint density at radius 1 is 0.903 bits per heavy atom. The van der Waals surface area contributed by atoms with E-state index in [-0.39, 0.29) is 4.90 Å². The second kappa shape index (κ2) is 8.98. The molecule has 31 heavy (non-hydrogen) atoms. The van der Waals surface area contributed by atoms with Gasteiger partial charge in [-0.3, -0.25) is 0 Å². The predicted molar refractivity (Wildman–Crippen MR) is 125 cm³/mol. The maximum atomic E-state index is 11.5. The van der Waals surface area contributed by atoms with Crippen molar-refractivity contribution < 1.29 is 13.2 Å². The number of hydrogen-bond acceptors (Lipinski definition) is 4. The number of ether oxygens (including phenoxy) is 1. The minimum atomic E-state index is -3.72. The molecule has 0 amide bonds. The Bertz CT molecular complexity index is 1320. The van der Waals surface area contributed by atoms with Crippen LogP contribution >= 0.6 is 11.6 Å². The Labute approximate surface area is 186 Å². The lowest BCUT2D eigenvalue weighted by Gasteiger charge is -2.16. The van der Waals surface area contributed by atoms with Crippen LogP contribution in [0.3, 0.4) is 0 Å². The summed E-state index contributed by atoms with van der Waals surface area (Å²) in [5.41, 5.74) is 2.77. The number of fused-ring (bicyclic) bond motifs is 1. The molecule has 0 atom stereocenters. The van der Waals surface area contributed by atoms with Crippen LogP contribution in [-0.4, -0.2) is 8.42 Å². The Kier molecular flexibility index (Phi) is 6.13. The number of primary sulfonamides is 1. The van der Waals surface area contributed by atoms with Gasteiger partial charge in [-0.15, -0.1) is 0 Å². The maximum Gasteiger partial charge on any atom is 0.238 e. The molecule has 0 unspecified atom stereocenters. The summed E-state index contributed by atoms with van der Waals surface area (Å²) < 4.78 is 29.1. The molecule has 4 aromatic rings. The standard InChI is InChI=1S/C24H21ClN2O3S/c25-19-6-3-4-17(14-19)16-30-24-13-8-18-5-1-2-7-22(18)23(24)15-27-20-9-11-21(12-10-20)31(26,28)29/h1-14,27H,15-16H2,(H2,26,28,29). The molecule has 5 nitrogen and oxygen atoms in total. The molecule has 0 spiro atoms. The van der Waals surface area contributed by atoms with E-state index in [0.717, 1.165) is 33.3 Å². The number of benzene rings is 4. The van der Waals surface area contributed by atoms with Gasteiger partial charge in [-0.05, 0) is 58.8 Å². The van der Waals surface area contributed by atoms with Gasteiger partial charge in [-0.1, -0.05) is 54.1 Å². The van der Waals surface area contributed by atoms with Crippen LogP contribution in [0.2, 0.25) is 5.02 Å². The zero-order valence-electron chi connectivity index (χ0n) is 16.6. The highest BCUT2D eigenvalue weighted by atomic mass is 35.5. The molecule has 158 valence electrons. The summed E-state index contributed by atoms with van der Waals surface area (Å²) >= 11 is 6.08. The quantitative estimate of drug-likeness (QED) is 0.397. The van der Waals surface area contributed by atoms with Crippen molar-refractivity contribution in [1.29, 1.82) is 0 Å². The van der Waals surface area contributed by atoms with Gasteiger partial charge in [0.05, 0.1) is 4.90 Å². The molecular weight excluding hydrogens is 432 g/mol. The molecule has 0 bridgehead atoms. The number of rotatable bonds is 7. The highest BCUT2D eigenvalue weighted by Gasteiger charge is 2.11. The van der Waals surface area contributed by atoms with Gasteiger partial charge in [0, 0.05) is 22.8 Å². The van der Waals surface area contributed by atoms with E-state index in [0.29, 0.717) is 18.2 Å². The fourth-order valence-electron chi connectivity index (χ4n) is 3.37. The third-order valence-corrected chi connectivity index (χ3v) is 6.10. The molecule has 7 heteroatoms. The van der Waals surface area contributed by atoms with Gasteiger partial charge < -0.3 is 10.1 Å². The first-order valence-corrected chi connectivity index (χ1v) is 11.6. The first kappa shape index (κ1) is 21.2. The number of anilines is 1. The number of nitrogens with one attached hydrogen (secondary N) is 1. The lowest BCUT2D eigenvalue weighted by molar-refractivity contribution is 0.304.